The number of aromatic nitrogens is 1. The molecule has 1 saturated carbocycles. The zero-order valence-corrected chi connectivity index (χ0v) is 16.4. The lowest BCUT2D eigenvalue weighted by Gasteiger charge is -2.41. The van der Waals surface area contributed by atoms with Crippen molar-refractivity contribution < 1.29 is 28.2 Å². The number of likely N-dealkylation sites (tertiary alicyclic amines) is 1. The summed E-state index contributed by atoms with van der Waals surface area (Å²) in [6, 6.07) is 7.46. The lowest BCUT2D eigenvalue weighted by molar-refractivity contribution is -0.165. The van der Waals surface area contributed by atoms with Crippen LogP contribution in [0.4, 0.5) is 8.78 Å². The van der Waals surface area contributed by atoms with Crippen molar-refractivity contribution in [1.82, 2.24) is 9.88 Å². The molecule has 1 amide bonds. The van der Waals surface area contributed by atoms with Gasteiger partial charge in [-0.2, -0.15) is 0 Å². The molecule has 1 saturated heterocycles. The van der Waals surface area contributed by atoms with Crippen LogP contribution in [0.3, 0.4) is 0 Å². The van der Waals surface area contributed by atoms with E-state index in [9.17, 15) is 23.5 Å². The summed E-state index contributed by atoms with van der Waals surface area (Å²) in [4.78, 5) is 30.5. The van der Waals surface area contributed by atoms with E-state index in [1.54, 1.807) is 18.2 Å². The fourth-order valence-corrected chi connectivity index (χ4v) is 4.23. The molecule has 1 aromatic heterocycles. The number of nitrogens with zero attached hydrogens (tertiary/aromatic N) is 2. The van der Waals surface area contributed by atoms with Gasteiger partial charge in [0.2, 0.25) is 5.91 Å². The van der Waals surface area contributed by atoms with Gasteiger partial charge >= 0.3 is 5.97 Å². The first-order valence-electron chi connectivity index (χ1n) is 9.88. The summed E-state index contributed by atoms with van der Waals surface area (Å²) in [5.74, 6) is -2.75. The highest BCUT2D eigenvalue weighted by atomic mass is 19.1. The maximum Gasteiger partial charge on any atom is 0.357 e. The smallest absolute Gasteiger partial charge is 0.357 e. The average Bonchev–Trinajstić information content (AvgIpc) is 2.98. The molecule has 1 aromatic carbocycles. The first-order chi connectivity index (χ1) is 14.2. The van der Waals surface area contributed by atoms with Crippen LogP contribution < -0.4 is 0 Å². The number of pyridine rings is 1. The van der Waals surface area contributed by atoms with Crippen molar-refractivity contribution in [2.24, 2.45) is 5.92 Å². The van der Waals surface area contributed by atoms with Gasteiger partial charge in [-0.05, 0) is 62.4 Å². The Labute approximate surface area is 172 Å². The summed E-state index contributed by atoms with van der Waals surface area (Å²) < 4.78 is 32.8. The number of rotatable bonds is 4. The molecule has 2 aromatic rings. The number of amides is 1. The number of benzene rings is 1. The largest absolute Gasteiger partial charge is 0.458 e. The van der Waals surface area contributed by atoms with Gasteiger partial charge in [0.25, 0.3) is 0 Å². The minimum Gasteiger partial charge on any atom is -0.458 e. The van der Waals surface area contributed by atoms with Gasteiger partial charge < -0.3 is 14.7 Å². The van der Waals surface area contributed by atoms with E-state index >= 15 is 0 Å². The van der Waals surface area contributed by atoms with Crippen molar-refractivity contribution in [3.63, 3.8) is 0 Å². The SMILES string of the molecule is C[C@@]1(O)CC[C@@H](c2cc(F)cc(F)c2)N1C(=O)C1CC(OC(=O)c2ccccn2)C1. The number of carbonyl (C=O) groups is 2. The summed E-state index contributed by atoms with van der Waals surface area (Å²) >= 11 is 0. The molecule has 0 bridgehead atoms. The second kappa shape index (κ2) is 7.75. The normalized spacial score (nSPS) is 28.1. The fourth-order valence-electron chi connectivity index (χ4n) is 4.23. The maximum absolute atomic E-state index is 13.7. The van der Waals surface area contributed by atoms with Gasteiger partial charge in [-0.25, -0.2) is 18.6 Å². The van der Waals surface area contributed by atoms with Crippen LogP contribution in [-0.2, 0) is 9.53 Å². The van der Waals surface area contributed by atoms with Crippen molar-refractivity contribution in [3.8, 4) is 0 Å². The molecule has 0 radical (unpaired) electrons. The van der Waals surface area contributed by atoms with Gasteiger partial charge in [-0.15, -0.1) is 0 Å². The maximum atomic E-state index is 13.7. The molecule has 4 rings (SSSR count). The van der Waals surface area contributed by atoms with Crippen LogP contribution in [0.2, 0.25) is 0 Å². The number of carbonyl (C=O) groups excluding carboxylic acids is 2. The third-order valence-corrected chi connectivity index (χ3v) is 5.82. The lowest BCUT2D eigenvalue weighted by atomic mass is 9.80. The number of halogens is 2. The second-order valence-corrected chi connectivity index (χ2v) is 8.09. The first-order valence-corrected chi connectivity index (χ1v) is 9.88. The van der Waals surface area contributed by atoms with Crippen LogP contribution in [0.15, 0.2) is 42.6 Å². The van der Waals surface area contributed by atoms with E-state index in [1.807, 2.05) is 0 Å². The summed E-state index contributed by atoms with van der Waals surface area (Å²) in [5, 5.41) is 10.7. The van der Waals surface area contributed by atoms with Crippen molar-refractivity contribution in [2.75, 3.05) is 0 Å². The number of hydrogen-bond acceptors (Lipinski definition) is 5. The number of esters is 1. The molecule has 0 unspecified atom stereocenters. The first kappa shape index (κ1) is 20.4. The van der Waals surface area contributed by atoms with E-state index in [4.69, 9.17) is 4.74 Å². The quantitative estimate of drug-likeness (QED) is 0.773. The summed E-state index contributed by atoms with van der Waals surface area (Å²) in [5.41, 5.74) is -0.903. The van der Waals surface area contributed by atoms with Crippen molar-refractivity contribution in [3.05, 3.63) is 65.5 Å². The van der Waals surface area contributed by atoms with Crippen LogP contribution in [0.1, 0.15) is 54.7 Å². The third kappa shape index (κ3) is 3.92. The lowest BCUT2D eigenvalue weighted by Crippen LogP contribution is -2.52. The zero-order valence-electron chi connectivity index (χ0n) is 16.4. The van der Waals surface area contributed by atoms with Crippen LogP contribution in [0, 0.1) is 17.6 Å². The van der Waals surface area contributed by atoms with Gasteiger partial charge in [0.15, 0.2) is 0 Å². The second-order valence-electron chi connectivity index (χ2n) is 8.09. The Hall–Kier alpha value is -2.87. The van der Waals surface area contributed by atoms with Gasteiger partial charge in [0.05, 0.1) is 6.04 Å². The highest BCUT2D eigenvalue weighted by Crippen LogP contribution is 2.45. The van der Waals surface area contributed by atoms with Gasteiger partial charge in [0, 0.05) is 18.2 Å². The van der Waals surface area contributed by atoms with E-state index in [0.717, 1.165) is 6.07 Å². The molecule has 30 heavy (non-hydrogen) atoms. The molecule has 158 valence electrons. The Bertz CT molecular complexity index is 941. The van der Waals surface area contributed by atoms with E-state index < -0.39 is 41.4 Å². The summed E-state index contributed by atoms with van der Waals surface area (Å²) in [6.45, 7) is 1.53. The minimum absolute atomic E-state index is 0.197. The molecule has 2 heterocycles. The van der Waals surface area contributed by atoms with Crippen LogP contribution in [0.5, 0.6) is 0 Å². The van der Waals surface area contributed by atoms with Gasteiger partial charge in [-0.3, -0.25) is 4.79 Å². The predicted molar refractivity (Wildman–Crippen MR) is 102 cm³/mol. The monoisotopic (exact) mass is 416 g/mol. The molecule has 2 aliphatic rings. The standard InChI is InChI=1S/C22H22F2N2O4/c1-22(29)6-5-19(13-8-15(23)12-16(24)9-13)26(22)20(27)14-10-17(11-14)30-21(28)18-4-2-3-7-25-18/h2-4,7-9,12,14,17,19,29H,5-6,10-11H2,1H3/t14?,17?,19-,22+/m0/s1. The van der Waals surface area contributed by atoms with Crippen LogP contribution in [0.25, 0.3) is 0 Å². The Kier molecular flexibility index (Phi) is 5.27. The molecule has 0 spiro atoms. The zero-order chi connectivity index (χ0) is 21.5. The van der Waals surface area contributed by atoms with E-state index in [2.05, 4.69) is 4.98 Å². The van der Waals surface area contributed by atoms with Crippen LogP contribution >= 0.6 is 0 Å². The fraction of sp³-hybridized carbons (Fsp3) is 0.409. The average molecular weight is 416 g/mol. The molecule has 1 aliphatic carbocycles. The molecule has 2 atom stereocenters. The molecular formula is C22H22F2N2O4. The topological polar surface area (TPSA) is 79.7 Å². The summed E-state index contributed by atoms with van der Waals surface area (Å²) in [6.07, 6.45) is 2.43. The molecule has 8 heteroatoms. The molecule has 2 fully saturated rings. The highest BCUT2D eigenvalue weighted by Gasteiger charge is 2.49. The van der Waals surface area contributed by atoms with E-state index in [-0.39, 0.29) is 11.6 Å². The number of aliphatic hydroxyl groups is 1. The van der Waals surface area contributed by atoms with E-state index in [1.165, 1.54) is 30.2 Å². The molecule has 6 nitrogen and oxygen atoms in total. The van der Waals surface area contributed by atoms with Gasteiger partial charge in [0.1, 0.15) is 29.2 Å². The molecule has 1 N–H and O–H groups in total. The van der Waals surface area contributed by atoms with Crippen molar-refractivity contribution in [1.29, 1.82) is 0 Å². The Morgan fingerprint density at radius 2 is 1.90 bits per heavy atom. The van der Waals surface area contributed by atoms with Crippen molar-refractivity contribution >= 4 is 11.9 Å². The molecule has 1 aliphatic heterocycles. The van der Waals surface area contributed by atoms with E-state index in [0.29, 0.717) is 31.2 Å². The number of hydrogen-bond donors (Lipinski definition) is 1. The molecular weight excluding hydrogens is 394 g/mol. The van der Waals surface area contributed by atoms with Crippen molar-refractivity contribution in [2.45, 2.75) is 50.5 Å². The Morgan fingerprint density at radius 3 is 2.53 bits per heavy atom. The Morgan fingerprint density at radius 1 is 1.20 bits per heavy atom. The van der Waals surface area contributed by atoms with Gasteiger partial charge in [-0.1, -0.05) is 6.07 Å². The van der Waals surface area contributed by atoms with Crippen LogP contribution in [-0.4, -0.2) is 38.7 Å². The number of ether oxygens (including phenoxy) is 1. The Balaban J connectivity index is 1.43. The predicted octanol–water partition coefficient (Wildman–Crippen LogP) is 3.37. The third-order valence-electron chi connectivity index (χ3n) is 5.82. The minimum atomic E-state index is -1.42. The highest BCUT2D eigenvalue weighted by molar-refractivity contribution is 5.87. The summed E-state index contributed by atoms with van der Waals surface area (Å²) in [7, 11) is 0.